The topological polar surface area (TPSA) is 105 Å². The molecule has 0 aromatic heterocycles. The van der Waals surface area contributed by atoms with E-state index in [1.54, 1.807) is 0 Å². The number of hydrogen-bond acceptors (Lipinski definition) is 5. The first-order chi connectivity index (χ1) is 16.0. The molecule has 2 aliphatic rings. The van der Waals surface area contributed by atoms with Crippen LogP contribution in [0.1, 0.15) is 23.5 Å². The van der Waals surface area contributed by atoms with Gasteiger partial charge in [0.15, 0.2) is 6.10 Å². The lowest BCUT2D eigenvalue weighted by Crippen LogP contribution is -2.50. The molecule has 2 aromatic rings. The number of rotatable bonds is 8. The molecule has 2 aromatic carbocycles. The highest BCUT2D eigenvalue weighted by atomic mass is 16.6. The monoisotopic (exact) mass is 450 g/mol. The summed E-state index contributed by atoms with van der Waals surface area (Å²) >= 11 is 0. The van der Waals surface area contributed by atoms with Crippen LogP contribution in [0.25, 0.3) is 11.1 Å². The van der Waals surface area contributed by atoms with E-state index in [4.69, 9.17) is 14.6 Å². The minimum Gasteiger partial charge on any atom is -0.480 e. The molecule has 1 fully saturated rings. The molecule has 0 bridgehead atoms. The van der Waals surface area contributed by atoms with Crippen molar-refractivity contribution in [1.82, 2.24) is 10.2 Å². The van der Waals surface area contributed by atoms with Crippen molar-refractivity contribution in [3.63, 3.8) is 0 Å². The van der Waals surface area contributed by atoms with Crippen molar-refractivity contribution in [2.24, 2.45) is 0 Å². The van der Waals surface area contributed by atoms with E-state index in [1.807, 2.05) is 36.4 Å². The first kappa shape index (κ1) is 22.5. The van der Waals surface area contributed by atoms with E-state index in [-0.39, 0.29) is 25.7 Å². The highest BCUT2D eigenvalue weighted by Gasteiger charge is 2.38. The number of aliphatic carboxylic acids is 1. The number of alkyl carbamates (subject to hydrolysis) is 1. The maximum atomic E-state index is 12.8. The van der Waals surface area contributed by atoms with Gasteiger partial charge in [-0.15, -0.1) is 6.58 Å². The van der Waals surface area contributed by atoms with Crippen molar-refractivity contribution in [2.75, 3.05) is 26.3 Å². The number of ether oxygens (including phenoxy) is 2. The van der Waals surface area contributed by atoms with Gasteiger partial charge in [0.05, 0.1) is 6.04 Å². The fourth-order valence-corrected chi connectivity index (χ4v) is 4.50. The van der Waals surface area contributed by atoms with Crippen molar-refractivity contribution < 1.29 is 29.0 Å². The minimum absolute atomic E-state index is 0.0703. The Morgan fingerprint density at radius 1 is 1.12 bits per heavy atom. The Kier molecular flexibility index (Phi) is 6.74. The van der Waals surface area contributed by atoms with Crippen LogP contribution in [0.15, 0.2) is 61.2 Å². The molecule has 0 saturated carbocycles. The van der Waals surface area contributed by atoms with Crippen LogP contribution in [0.2, 0.25) is 0 Å². The molecule has 1 saturated heterocycles. The summed E-state index contributed by atoms with van der Waals surface area (Å²) in [5.74, 6) is -1.71. The molecular weight excluding hydrogens is 424 g/mol. The van der Waals surface area contributed by atoms with Crippen molar-refractivity contribution in [3.8, 4) is 11.1 Å². The van der Waals surface area contributed by atoms with Crippen molar-refractivity contribution in [3.05, 3.63) is 72.3 Å². The summed E-state index contributed by atoms with van der Waals surface area (Å²) in [5, 5.41) is 11.8. The quantitative estimate of drug-likeness (QED) is 0.600. The van der Waals surface area contributed by atoms with E-state index in [2.05, 4.69) is 24.0 Å². The Morgan fingerprint density at radius 3 is 2.36 bits per heavy atom. The van der Waals surface area contributed by atoms with Crippen LogP contribution in [0.3, 0.4) is 0 Å². The molecule has 8 heteroatoms. The van der Waals surface area contributed by atoms with Gasteiger partial charge in [0.25, 0.3) is 5.91 Å². The maximum Gasteiger partial charge on any atom is 0.407 e. The van der Waals surface area contributed by atoms with E-state index in [1.165, 1.54) is 6.08 Å². The van der Waals surface area contributed by atoms with Gasteiger partial charge in [-0.2, -0.15) is 0 Å². The Labute approximate surface area is 191 Å². The number of carbonyl (C=O) groups is 3. The molecule has 33 heavy (non-hydrogen) atoms. The lowest BCUT2D eigenvalue weighted by Gasteiger charge is -2.26. The zero-order valence-corrected chi connectivity index (χ0v) is 18.1. The molecular formula is C25H26N2O6. The summed E-state index contributed by atoms with van der Waals surface area (Å²) in [4.78, 5) is 37.6. The van der Waals surface area contributed by atoms with Crippen LogP contribution in [-0.2, 0) is 19.1 Å². The van der Waals surface area contributed by atoms with Gasteiger partial charge < -0.3 is 24.8 Å². The number of carbonyl (C=O) groups excluding carboxylic acids is 2. The largest absolute Gasteiger partial charge is 0.480 e. The number of carboxylic acid groups (broad SMARTS) is 1. The van der Waals surface area contributed by atoms with Gasteiger partial charge >= 0.3 is 12.1 Å². The molecule has 1 heterocycles. The SMILES string of the molecule is C=CCN(CC(=O)O)C(=O)[C@H]1OCC[C@H]1NC(=O)OCC1c2ccccc2-c2ccccc21. The lowest BCUT2D eigenvalue weighted by molar-refractivity contribution is -0.149. The third-order valence-corrected chi connectivity index (χ3v) is 5.97. The second-order valence-electron chi connectivity index (χ2n) is 8.06. The summed E-state index contributed by atoms with van der Waals surface area (Å²) in [6.45, 7) is 3.60. The summed E-state index contributed by atoms with van der Waals surface area (Å²) < 4.78 is 11.1. The molecule has 0 spiro atoms. The molecule has 2 amide bonds. The number of nitrogens with zero attached hydrogens (tertiary/aromatic N) is 1. The fourth-order valence-electron chi connectivity index (χ4n) is 4.50. The number of benzene rings is 2. The van der Waals surface area contributed by atoms with Gasteiger partial charge in [-0.05, 0) is 28.7 Å². The van der Waals surface area contributed by atoms with Gasteiger partial charge in [-0.1, -0.05) is 54.6 Å². The molecule has 2 N–H and O–H groups in total. The second kappa shape index (κ2) is 9.87. The number of carboxylic acids is 1. The molecule has 0 radical (unpaired) electrons. The van der Waals surface area contributed by atoms with E-state index in [9.17, 15) is 14.4 Å². The summed E-state index contributed by atoms with van der Waals surface area (Å²) in [6, 6.07) is 15.5. The summed E-state index contributed by atoms with van der Waals surface area (Å²) in [5.41, 5.74) is 4.49. The number of fused-ring (bicyclic) bond motifs is 3. The third-order valence-electron chi connectivity index (χ3n) is 5.97. The molecule has 2 atom stereocenters. The smallest absolute Gasteiger partial charge is 0.407 e. The highest BCUT2D eigenvalue weighted by molar-refractivity contribution is 5.86. The highest BCUT2D eigenvalue weighted by Crippen LogP contribution is 2.44. The van der Waals surface area contributed by atoms with Gasteiger partial charge in [-0.25, -0.2) is 4.79 Å². The third kappa shape index (κ3) is 4.75. The fraction of sp³-hybridized carbons (Fsp3) is 0.320. The first-order valence-corrected chi connectivity index (χ1v) is 10.8. The van der Waals surface area contributed by atoms with Gasteiger partial charge in [0.2, 0.25) is 0 Å². The predicted molar refractivity (Wildman–Crippen MR) is 121 cm³/mol. The minimum atomic E-state index is -1.13. The van der Waals surface area contributed by atoms with Crippen molar-refractivity contribution >= 4 is 18.0 Å². The zero-order valence-electron chi connectivity index (χ0n) is 18.1. The molecule has 8 nitrogen and oxygen atoms in total. The predicted octanol–water partition coefficient (Wildman–Crippen LogP) is 2.78. The average molecular weight is 450 g/mol. The average Bonchev–Trinajstić information content (AvgIpc) is 3.39. The Hall–Kier alpha value is -3.65. The van der Waals surface area contributed by atoms with Gasteiger partial charge in [0, 0.05) is 19.1 Å². The molecule has 4 rings (SSSR count). The second-order valence-corrected chi connectivity index (χ2v) is 8.06. The maximum absolute atomic E-state index is 12.8. The molecule has 0 unspecified atom stereocenters. The van der Waals surface area contributed by atoms with E-state index in [0.29, 0.717) is 6.42 Å². The van der Waals surface area contributed by atoms with Crippen LogP contribution in [0.5, 0.6) is 0 Å². The van der Waals surface area contributed by atoms with Crippen LogP contribution in [0.4, 0.5) is 4.79 Å². The van der Waals surface area contributed by atoms with Crippen LogP contribution in [-0.4, -0.2) is 66.4 Å². The lowest BCUT2D eigenvalue weighted by atomic mass is 9.98. The molecule has 1 aliphatic heterocycles. The van der Waals surface area contributed by atoms with Crippen LogP contribution in [0, 0.1) is 0 Å². The van der Waals surface area contributed by atoms with Crippen molar-refractivity contribution in [2.45, 2.75) is 24.5 Å². The number of hydrogen-bond donors (Lipinski definition) is 2. The van der Waals surface area contributed by atoms with E-state index in [0.717, 1.165) is 27.2 Å². The van der Waals surface area contributed by atoms with Crippen molar-refractivity contribution in [1.29, 1.82) is 0 Å². The Balaban J connectivity index is 1.39. The molecule has 172 valence electrons. The number of nitrogens with one attached hydrogen (secondary N) is 1. The summed E-state index contributed by atoms with van der Waals surface area (Å²) in [7, 11) is 0. The molecule has 1 aliphatic carbocycles. The van der Waals surface area contributed by atoms with E-state index < -0.39 is 36.7 Å². The van der Waals surface area contributed by atoms with E-state index >= 15 is 0 Å². The zero-order chi connectivity index (χ0) is 23.4. The van der Waals surface area contributed by atoms with Gasteiger partial charge in [-0.3, -0.25) is 9.59 Å². The first-order valence-electron chi connectivity index (χ1n) is 10.8. The van der Waals surface area contributed by atoms with Crippen LogP contribution < -0.4 is 5.32 Å². The Bertz CT molecular complexity index is 1020. The number of amides is 2. The summed E-state index contributed by atoms with van der Waals surface area (Å²) in [6.07, 6.45) is 0.266. The Morgan fingerprint density at radius 2 is 1.76 bits per heavy atom. The van der Waals surface area contributed by atoms with Crippen LogP contribution >= 0.6 is 0 Å². The standard InChI is InChI=1S/C25H26N2O6/c1-2-12-27(14-22(28)29)24(30)23-21(11-13-32-23)26-25(31)33-15-20-18-9-5-3-7-16(18)17-8-4-6-10-19(17)20/h2-10,20-21,23H,1,11-15H2,(H,26,31)(H,28,29)/t21-,23+/m1/s1. The normalized spacial score (nSPS) is 18.8. The van der Waals surface area contributed by atoms with Gasteiger partial charge in [0.1, 0.15) is 13.2 Å².